The van der Waals surface area contributed by atoms with Crippen molar-refractivity contribution in [3.05, 3.63) is 36.4 Å². The van der Waals surface area contributed by atoms with Crippen LogP contribution >= 0.6 is 11.8 Å². The average molecular weight is 351 g/mol. The molecule has 0 fully saturated rings. The normalized spacial score (nSPS) is 12.3. The molecular weight excluding hydrogens is 343 g/mol. The van der Waals surface area contributed by atoms with Crippen LogP contribution in [0.15, 0.2) is 45.2 Å². The number of fused-ring (bicyclic) bond motifs is 3. The molecule has 3 aromatic heterocycles. The zero-order valence-corrected chi connectivity index (χ0v) is 12.9. The fourth-order valence-corrected chi connectivity index (χ4v) is 3.12. The predicted octanol–water partition coefficient (Wildman–Crippen LogP) is 3.67. The topological polar surface area (TPSA) is 69.6 Å². The highest BCUT2D eigenvalue weighted by Crippen LogP contribution is 2.36. The summed E-state index contributed by atoms with van der Waals surface area (Å²) in [6.45, 7) is 0. The summed E-state index contributed by atoms with van der Waals surface area (Å²) < 4.78 is 45.1. The summed E-state index contributed by atoms with van der Waals surface area (Å²) in [5, 5.41) is 8.04. The fourth-order valence-electron chi connectivity index (χ4n) is 2.31. The standard InChI is InChI=1S/C14H8F3N5OS/c1-22-12(14(15,16)17)20-21-13(22)24-11-10-9(18-6-19-11)7-4-2-3-5-8(7)23-10/h2-6H,1H3. The van der Waals surface area contributed by atoms with Crippen LogP contribution in [0, 0.1) is 0 Å². The second-order valence-electron chi connectivity index (χ2n) is 4.92. The van der Waals surface area contributed by atoms with Crippen LogP contribution in [0.1, 0.15) is 5.82 Å². The lowest BCUT2D eigenvalue weighted by Crippen LogP contribution is -2.12. The van der Waals surface area contributed by atoms with E-state index in [2.05, 4.69) is 20.2 Å². The van der Waals surface area contributed by atoms with Crippen LogP contribution in [0.3, 0.4) is 0 Å². The van der Waals surface area contributed by atoms with Gasteiger partial charge in [0.2, 0.25) is 5.82 Å². The van der Waals surface area contributed by atoms with Gasteiger partial charge in [-0.25, -0.2) is 9.97 Å². The van der Waals surface area contributed by atoms with E-state index in [1.807, 2.05) is 18.2 Å². The smallest absolute Gasteiger partial charge is 0.451 e. The maximum Gasteiger partial charge on any atom is 0.451 e. The van der Waals surface area contributed by atoms with E-state index in [9.17, 15) is 13.2 Å². The van der Waals surface area contributed by atoms with Crippen LogP contribution in [-0.2, 0) is 13.2 Å². The molecule has 0 radical (unpaired) electrons. The Kier molecular flexibility index (Phi) is 3.23. The summed E-state index contributed by atoms with van der Waals surface area (Å²) >= 11 is 0.940. The second-order valence-corrected chi connectivity index (χ2v) is 5.88. The first-order chi connectivity index (χ1) is 11.4. The molecule has 0 aliphatic rings. The van der Waals surface area contributed by atoms with E-state index in [1.165, 1.54) is 13.4 Å². The Bertz CT molecular complexity index is 1060. The second kappa shape index (κ2) is 5.20. The van der Waals surface area contributed by atoms with Gasteiger partial charge in [0.05, 0.1) is 0 Å². The Morgan fingerprint density at radius 1 is 1.12 bits per heavy atom. The Morgan fingerprint density at radius 2 is 1.92 bits per heavy atom. The first-order valence-electron chi connectivity index (χ1n) is 6.72. The maximum absolute atomic E-state index is 12.8. The largest absolute Gasteiger partial charge is 0.451 e. The summed E-state index contributed by atoms with van der Waals surface area (Å²) in [5.41, 5.74) is 1.63. The van der Waals surface area contributed by atoms with E-state index in [1.54, 1.807) is 6.07 Å². The molecule has 0 bridgehead atoms. The molecule has 0 saturated heterocycles. The summed E-state index contributed by atoms with van der Waals surface area (Å²) in [5.74, 6) is -1.07. The van der Waals surface area contributed by atoms with Crippen molar-refractivity contribution in [2.75, 3.05) is 0 Å². The molecule has 0 amide bonds. The molecule has 122 valence electrons. The van der Waals surface area contributed by atoms with Gasteiger partial charge >= 0.3 is 6.18 Å². The minimum absolute atomic E-state index is 0.0581. The molecular formula is C14H8F3N5OS. The number of alkyl halides is 3. The van der Waals surface area contributed by atoms with Crippen molar-refractivity contribution in [1.82, 2.24) is 24.7 Å². The van der Waals surface area contributed by atoms with Crippen LogP contribution in [0.25, 0.3) is 22.1 Å². The number of para-hydroxylation sites is 1. The van der Waals surface area contributed by atoms with Crippen LogP contribution in [0.2, 0.25) is 0 Å². The quantitative estimate of drug-likeness (QED) is 0.513. The molecule has 0 atom stereocenters. The number of hydrogen-bond acceptors (Lipinski definition) is 6. The van der Waals surface area contributed by atoms with Gasteiger partial charge in [-0.1, -0.05) is 12.1 Å². The van der Waals surface area contributed by atoms with Gasteiger partial charge in [-0.05, 0) is 23.9 Å². The van der Waals surface area contributed by atoms with Gasteiger partial charge < -0.3 is 8.98 Å². The minimum atomic E-state index is -4.57. The molecule has 4 rings (SSSR count). The number of aromatic nitrogens is 5. The average Bonchev–Trinajstić information content (AvgIpc) is 3.09. The van der Waals surface area contributed by atoms with Crippen molar-refractivity contribution in [2.45, 2.75) is 16.4 Å². The molecule has 1 aromatic carbocycles. The number of nitrogens with zero attached hydrogens (tertiary/aromatic N) is 5. The highest BCUT2D eigenvalue weighted by molar-refractivity contribution is 7.99. The van der Waals surface area contributed by atoms with Crippen LogP contribution in [0.5, 0.6) is 0 Å². The zero-order valence-electron chi connectivity index (χ0n) is 12.1. The number of furan rings is 1. The van der Waals surface area contributed by atoms with E-state index >= 15 is 0 Å². The van der Waals surface area contributed by atoms with Crippen molar-refractivity contribution in [3.8, 4) is 0 Å². The van der Waals surface area contributed by atoms with E-state index in [4.69, 9.17) is 4.42 Å². The molecule has 3 heterocycles. The van der Waals surface area contributed by atoms with Gasteiger partial charge in [-0.3, -0.25) is 0 Å². The van der Waals surface area contributed by atoms with E-state index in [0.29, 0.717) is 21.7 Å². The van der Waals surface area contributed by atoms with Gasteiger partial charge in [0.15, 0.2) is 15.8 Å². The van der Waals surface area contributed by atoms with Crippen LogP contribution < -0.4 is 0 Å². The molecule has 0 saturated carbocycles. The molecule has 0 aliphatic heterocycles. The van der Waals surface area contributed by atoms with Crippen molar-refractivity contribution < 1.29 is 17.6 Å². The molecule has 4 aromatic rings. The Hall–Kier alpha value is -2.62. The predicted molar refractivity (Wildman–Crippen MR) is 79.4 cm³/mol. The maximum atomic E-state index is 12.8. The number of benzene rings is 1. The molecule has 6 nitrogen and oxygen atoms in total. The van der Waals surface area contributed by atoms with Gasteiger partial charge in [0, 0.05) is 12.4 Å². The highest BCUT2D eigenvalue weighted by Gasteiger charge is 2.37. The lowest BCUT2D eigenvalue weighted by Gasteiger charge is -2.05. The molecule has 24 heavy (non-hydrogen) atoms. The van der Waals surface area contributed by atoms with Gasteiger partial charge in [0.1, 0.15) is 17.4 Å². The van der Waals surface area contributed by atoms with Gasteiger partial charge in [0.25, 0.3) is 0 Å². The van der Waals surface area contributed by atoms with E-state index in [0.717, 1.165) is 21.7 Å². The Balaban J connectivity index is 1.82. The van der Waals surface area contributed by atoms with Crippen molar-refractivity contribution in [1.29, 1.82) is 0 Å². The number of hydrogen-bond donors (Lipinski definition) is 0. The third kappa shape index (κ3) is 2.30. The summed E-state index contributed by atoms with van der Waals surface area (Å²) in [7, 11) is 1.25. The molecule has 10 heteroatoms. The minimum Gasteiger partial charge on any atom is -0.451 e. The van der Waals surface area contributed by atoms with E-state index < -0.39 is 12.0 Å². The van der Waals surface area contributed by atoms with Crippen molar-refractivity contribution in [3.63, 3.8) is 0 Å². The summed E-state index contributed by atoms with van der Waals surface area (Å²) in [6, 6.07) is 7.32. The van der Waals surface area contributed by atoms with Crippen molar-refractivity contribution in [2.24, 2.45) is 7.05 Å². The van der Waals surface area contributed by atoms with Gasteiger partial charge in [-0.2, -0.15) is 13.2 Å². The first-order valence-corrected chi connectivity index (χ1v) is 7.53. The summed E-state index contributed by atoms with van der Waals surface area (Å²) in [6.07, 6.45) is -3.23. The molecule has 0 unspecified atom stereocenters. The third-order valence-corrected chi connectivity index (χ3v) is 4.42. The monoisotopic (exact) mass is 351 g/mol. The summed E-state index contributed by atoms with van der Waals surface area (Å²) in [4.78, 5) is 8.30. The molecule has 0 spiro atoms. The zero-order chi connectivity index (χ0) is 16.9. The van der Waals surface area contributed by atoms with Crippen LogP contribution in [-0.4, -0.2) is 24.7 Å². The lowest BCUT2D eigenvalue weighted by molar-refractivity contribution is -0.147. The van der Waals surface area contributed by atoms with E-state index in [-0.39, 0.29) is 5.16 Å². The third-order valence-electron chi connectivity index (χ3n) is 3.40. The Labute approximate surface area is 136 Å². The molecule has 0 aliphatic carbocycles. The highest BCUT2D eigenvalue weighted by atomic mass is 32.2. The number of rotatable bonds is 2. The number of halogens is 3. The fraction of sp³-hybridized carbons (Fsp3) is 0.143. The Morgan fingerprint density at radius 3 is 2.67 bits per heavy atom. The van der Waals surface area contributed by atoms with Gasteiger partial charge in [-0.15, -0.1) is 10.2 Å². The van der Waals surface area contributed by atoms with Crippen molar-refractivity contribution >= 4 is 33.8 Å². The lowest BCUT2D eigenvalue weighted by atomic mass is 10.2. The first kappa shape index (κ1) is 14.9. The SMILES string of the molecule is Cn1c(Sc2ncnc3c2oc2ccccc23)nnc1C(F)(F)F. The van der Waals surface area contributed by atoms with Crippen LogP contribution in [0.4, 0.5) is 13.2 Å². The molecule has 0 N–H and O–H groups in total.